The average molecular weight is 402 g/mol. The number of halogens is 3. The number of rotatable bonds is 2. The van der Waals surface area contributed by atoms with Crippen molar-refractivity contribution in [2.24, 2.45) is 14.1 Å². The molecule has 0 radical (unpaired) electrons. The van der Waals surface area contributed by atoms with Crippen LogP contribution in [0.15, 0.2) is 32.3 Å². The first kappa shape index (κ1) is 15.9. The van der Waals surface area contributed by atoms with E-state index in [9.17, 15) is 14.0 Å². The van der Waals surface area contributed by atoms with Crippen molar-refractivity contribution in [1.29, 1.82) is 0 Å². The van der Waals surface area contributed by atoms with E-state index in [1.165, 1.54) is 29.3 Å². The Bertz CT molecular complexity index is 1050. The van der Waals surface area contributed by atoms with Crippen LogP contribution in [0.4, 0.5) is 4.39 Å². The van der Waals surface area contributed by atoms with Gasteiger partial charge in [-0.1, -0.05) is 22.0 Å². The summed E-state index contributed by atoms with van der Waals surface area (Å²) in [6.07, 6.45) is 0. The fourth-order valence-corrected chi connectivity index (χ4v) is 2.94. The van der Waals surface area contributed by atoms with Crippen molar-refractivity contribution in [3.05, 3.63) is 60.2 Å². The van der Waals surface area contributed by atoms with Crippen LogP contribution < -0.4 is 11.2 Å². The van der Waals surface area contributed by atoms with E-state index in [4.69, 9.17) is 11.6 Å². The second-order valence-corrected chi connectivity index (χ2v) is 6.33. The van der Waals surface area contributed by atoms with E-state index >= 15 is 0 Å². The third-order valence-electron chi connectivity index (χ3n) is 3.64. The Morgan fingerprint density at radius 1 is 1.26 bits per heavy atom. The molecular weight excluding hydrogens is 391 g/mol. The van der Waals surface area contributed by atoms with Gasteiger partial charge in [-0.2, -0.15) is 4.98 Å². The van der Waals surface area contributed by atoms with Gasteiger partial charge in [0.15, 0.2) is 11.2 Å². The van der Waals surface area contributed by atoms with Crippen LogP contribution in [0.5, 0.6) is 0 Å². The third-order valence-corrected chi connectivity index (χ3v) is 4.43. The van der Waals surface area contributed by atoms with Crippen molar-refractivity contribution < 1.29 is 4.39 Å². The molecule has 23 heavy (non-hydrogen) atoms. The maximum atomic E-state index is 14.1. The lowest BCUT2D eigenvalue weighted by atomic mass is 10.2. The molecular formula is C14H11BrClFN4O2. The van der Waals surface area contributed by atoms with E-state index in [0.29, 0.717) is 10.0 Å². The highest BCUT2D eigenvalue weighted by Crippen LogP contribution is 2.21. The normalized spacial score (nSPS) is 11.3. The van der Waals surface area contributed by atoms with E-state index in [0.717, 1.165) is 4.57 Å². The Morgan fingerprint density at radius 3 is 2.61 bits per heavy atom. The van der Waals surface area contributed by atoms with Gasteiger partial charge in [0.25, 0.3) is 5.56 Å². The van der Waals surface area contributed by atoms with Crippen molar-refractivity contribution in [3.8, 4) is 0 Å². The van der Waals surface area contributed by atoms with Gasteiger partial charge in [0.2, 0.25) is 5.28 Å². The van der Waals surface area contributed by atoms with Gasteiger partial charge < -0.3 is 4.57 Å². The molecule has 0 aliphatic rings. The number of hydrogen-bond acceptors (Lipinski definition) is 3. The highest BCUT2D eigenvalue weighted by molar-refractivity contribution is 9.10. The number of imidazole rings is 1. The van der Waals surface area contributed by atoms with E-state index in [1.54, 1.807) is 12.1 Å². The summed E-state index contributed by atoms with van der Waals surface area (Å²) in [4.78, 5) is 28.4. The Hall–Kier alpha value is -1.93. The van der Waals surface area contributed by atoms with E-state index in [-0.39, 0.29) is 23.0 Å². The number of nitrogens with zero attached hydrogens (tertiary/aromatic N) is 4. The predicted molar refractivity (Wildman–Crippen MR) is 88.4 cm³/mol. The largest absolute Gasteiger partial charge is 0.332 e. The Balaban J connectivity index is 2.28. The number of aryl methyl sites for hydroxylation is 1. The van der Waals surface area contributed by atoms with Crippen molar-refractivity contribution in [2.75, 3.05) is 0 Å². The van der Waals surface area contributed by atoms with Crippen LogP contribution in [-0.2, 0) is 20.6 Å². The first-order valence-corrected chi connectivity index (χ1v) is 7.74. The minimum atomic E-state index is -0.528. The van der Waals surface area contributed by atoms with Crippen LogP contribution in [0.2, 0.25) is 5.28 Å². The van der Waals surface area contributed by atoms with Gasteiger partial charge in [0.1, 0.15) is 5.82 Å². The van der Waals surface area contributed by atoms with E-state index in [1.807, 2.05) is 0 Å². The molecule has 0 fully saturated rings. The summed E-state index contributed by atoms with van der Waals surface area (Å²) in [5.41, 5.74) is -0.355. The smallest absolute Gasteiger partial charge is 0.304 e. The Morgan fingerprint density at radius 2 is 1.96 bits per heavy atom. The Labute approximate surface area is 142 Å². The summed E-state index contributed by atoms with van der Waals surface area (Å²) in [7, 11) is 2.87. The van der Waals surface area contributed by atoms with Crippen LogP contribution in [0.25, 0.3) is 11.2 Å². The van der Waals surface area contributed by atoms with Gasteiger partial charge in [-0.25, -0.2) is 9.18 Å². The van der Waals surface area contributed by atoms with Gasteiger partial charge in [0.05, 0.1) is 6.54 Å². The number of fused-ring (bicyclic) bond motifs is 1. The summed E-state index contributed by atoms with van der Waals surface area (Å²) >= 11 is 9.30. The van der Waals surface area contributed by atoms with Gasteiger partial charge in [-0.15, -0.1) is 0 Å². The number of benzene rings is 1. The Kier molecular flexibility index (Phi) is 3.89. The van der Waals surface area contributed by atoms with Crippen LogP contribution in [-0.4, -0.2) is 18.7 Å². The minimum Gasteiger partial charge on any atom is -0.304 e. The molecule has 1 aromatic carbocycles. The number of hydrogen-bond donors (Lipinski definition) is 0. The molecule has 0 saturated carbocycles. The molecule has 2 heterocycles. The van der Waals surface area contributed by atoms with Crippen molar-refractivity contribution >= 4 is 38.7 Å². The molecule has 0 aliphatic heterocycles. The summed E-state index contributed by atoms with van der Waals surface area (Å²) < 4.78 is 18.3. The zero-order chi connectivity index (χ0) is 16.9. The summed E-state index contributed by atoms with van der Waals surface area (Å²) in [5, 5.41) is 0.0145. The van der Waals surface area contributed by atoms with E-state index < -0.39 is 17.1 Å². The standard InChI is InChI=1S/C14H11BrClFN4O2/c1-19-11-10(12(22)20(2)14(19)23)21(13(16)18-11)6-7-3-4-8(15)5-9(7)17/h3-5H,6H2,1-2H3. The highest BCUT2D eigenvalue weighted by Gasteiger charge is 2.19. The SMILES string of the molecule is Cn1c(=O)c2c(nc(Cl)n2Cc2ccc(Br)cc2F)n(C)c1=O. The van der Waals surface area contributed by atoms with Crippen LogP contribution in [0.1, 0.15) is 5.56 Å². The lowest BCUT2D eigenvalue weighted by Crippen LogP contribution is -2.37. The molecule has 0 bridgehead atoms. The highest BCUT2D eigenvalue weighted by atomic mass is 79.9. The minimum absolute atomic E-state index is 0.0145. The molecule has 3 aromatic rings. The van der Waals surface area contributed by atoms with Gasteiger partial charge in [-0.05, 0) is 23.7 Å². The van der Waals surface area contributed by atoms with Crippen LogP contribution in [0, 0.1) is 5.82 Å². The molecule has 0 amide bonds. The fraction of sp³-hybridized carbons (Fsp3) is 0.214. The van der Waals surface area contributed by atoms with E-state index in [2.05, 4.69) is 20.9 Å². The topological polar surface area (TPSA) is 61.8 Å². The zero-order valence-electron chi connectivity index (χ0n) is 12.2. The quantitative estimate of drug-likeness (QED) is 0.617. The maximum absolute atomic E-state index is 14.1. The molecule has 9 heteroatoms. The maximum Gasteiger partial charge on any atom is 0.332 e. The monoisotopic (exact) mass is 400 g/mol. The summed E-state index contributed by atoms with van der Waals surface area (Å²) in [6, 6.07) is 4.61. The summed E-state index contributed by atoms with van der Waals surface area (Å²) in [6.45, 7) is 0.0297. The van der Waals surface area contributed by atoms with Gasteiger partial charge >= 0.3 is 5.69 Å². The molecule has 0 N–H and O–H groups in total. The molecule has 0 atom stereocenters. The average Bonchev–Trinajstić information content (AvgIpc) is 2.83. The van der Waals surface area contributed by atoms with Crippen LogP contribution >= 0.6 is 27.5 Å². The van der Waals surface area contributed by atoms with Crippen molar-refractivity contribution in [1.82, 2.24) is 18.7 Å². The molecule has 0 spiro atoms. The second kappa shape index (κ2) is 5.61. The van der Waals surface area contributed by atoms with Crippen molar-refractivity contribution in [3.63, 3.8) is 0 Å². The molecule has 120 valence electrons. The predicted octanol–water partition coefficient (Wildman–Crippen LogP) is 2.04. The third kappa shape index (κ3) is 2.51. The lowest BCUT2D eigenvalue weighted by Gasteiger charge is -2.08. The van der Waals surface area contributed by atoms with Gasteiger partial charge in [-0.3, -0.25) is 13.9 Å². The fourth-order valence-electron chi connectivity index (χ4n) is 2.38. The lowest BCUT2D eigenvalue weighted by molar-refractivity contribution is 0.600. The van der Waals surface area contributed by atoms with Gasteiger partial charge in [0, 0.05) is 24.1 Å². The molecule has 6 nitrogen and oxygen atoms in total. The molecule has 0 unspecified atom stereocenters. The first-order valence-electron chi connectivity index (χ1n) is 6.57. The molecule has 0 aliphatic carbocycles. The zero-order valence-corrected chi connectivity index (χ0v) is 14.5. The first-order chi connectivity index (χ1) is 10.8. The molecule has 3 rings (SSSR count). The molecule has 2 aromatic heterocycles. The van der Waals surface area contributed by atoms with Crippen LogP contribution in [0.3, 0.4) is 0 Å². The second-order valence-electron chi connectivity index (χ2n) is 5.08. The molecule has 0 saturated heterocycles. The summed E-state index contributed by atoms with van der Waals surface area (Å²) in [5.74, 6) is -0.432. The van der Waals surface area contributed by atoms with Crippen molar-refractivity contribution in [2.45, 2.75) is 6.54 Å². The number of aromatic nitrogens is 4.